The van der Waals surface area contributed by atoms with E-state index in [1.165, 1.54) is 0 Å². The van der Waals surface area contributed by atoms with Gasteiger partial charge in [0, 0.05) is 25.6 Å². The van der Waals surface area contributed by atoms with E-state index in [1.54, 1.807) is 0 Å². The molecule has 8 unspecified atom stereocenters. The van der Waals surface area contributed by atoms with E-state index in [9.17, 15) is 78.0 Å². The first-order valence-corrected chi connectivity index (χ1v) is 19.8. The van der Waals surface area contributed by atoms with Gasteiger partial charge in [-0.15, -0.1) is 0 Å². The van der Waals surface area contributed by atoms with Crippen molar-refractivity contribution in [2.45, 2.75) is 107 Å². The Hall–Kier alpha value is -3.99. The normalized spacial score (nSPS) is 29.5. The fourth-order valence-electron chi connectivity index (χ4n) is 5.42. The summed E-state index contributed by atoms with van der Waals surface area (Å²) < 4.78 is 56.5. The van der Waals surface area contributed by atoms with Crippen LogP contribution < -0.4 is 27.2 Å². The molecule has 0 saturated carbocycles. The fraction of sp³-hybridized carbons (Fsp3) is 0.679. The third-order valence-corrected chi connectivity index (χ3v) is 10.9. The molecule has 58 heavy (non-hydrogen) atoms. The maximum absolute atomic E-state index is 13.0. The zero-order valence-electron chi connectivity index (χ0n) is 30.5. The van der Waals surface area contributed by atoms with Crippen LogP contribution >= 0.6 is 15.6 Å². The molecule has 14 atom stereocenters. The van der Waals surface area contributed by atoms with Crippen molar-refractivity contribution in [1.82, 2.24) is 25.5 Å². The average Bonchev–Trinajstić information content (AvgIpc) is 3.39. The van der Waals surface area contributed by atoms with Gasteiger partial charge < -0.3 is 70.6 Å². The van der Waals surface area contributed by atoms with Gasteiger partial charge in [0.25, 0.3) is 5.56 Å². The minimum absolute atomic E-state index is 0.483. The van der Waals surface area contributed by atoms with Crippen LogP contribution in [0.25, 0.3) is 0 Å². The number of carboxylic acids is 2. The quantitative estimate of drug-likeness (QED) is 0.0544. The number of carboxylic acid groups (broad SMARTS) is 2. The van der Waals surface area contributed by atoms with Crippen LogP contribution in [0.1, 0.15) is 39.8 Å². The maximum atomic E-state index is 13.0. The molecule has 1 aromatic heterocycles. The number of amides is 3. The number of aromatic nitrogens is 2. The topological polar surface area (TPSA) is 428 Å². The van der Waals surface area contributed by atoms with Crippen LogP contribution in [0.4, 0.5) is 0 Å². The first kappa shape index (κ1) is 48.4. The van der Waals surface area contributed by atoms with E-state index in [1.807, 2.05) is 4.98 Å². The zero-order valence-corrected chi connectivity index (χ0v) is 32.2. The fourth-order valence-corrected chi connectivity index (χ4v) is 7.58. The van der Waals surface area contributed by atoms with Crippen LogP contribution in [0.3, 0.4) is 0 Å². The Bertz CT molecular complexity index is 1880. The maximum Gasteiger partial charge on any atom is 0.483 e. The van der Waals surface area contributed by atoms with Gasteiger partial charge in [-0.2, -0.15) is 4.31 Å². The summed E-state index contributed by atoms with van der Waals surface area (Å²) in [6.07, 6.45) is -16.8. The lowest BCUT2D eigenvalue weighted by molar-refractivity contribution is -0.261. The van der Waals surface area contributed by atoms with Crippen LogP contribution in [0.2, 0.25) is 0 Å². The Morgan fingerprint density at radius 3 is 2.17 bits per heavy atom. The molecule has 0 bridgehead atoms. The van der Waals surface area contributed by atoms with Gasteiger partial charge >= 0.3 is 33.3 Å². The average molecular weight is 880 g/mol. The largest absolute Gasteiger partial charge is 0.483 e. The smallest absolute Gasteiger partial charge is 0.481 e. The van der Waals surface area contributed by atoms with E-state index < -0.39 is 156 Å². The van der Waals surface area contributed by atoms with Crippen molar-refractivity contribution in [2.75, 3.05) is 13.2 Å². The Balaban J connectivity index is 1.71. The molecule has 3 heterocycles. The van der Waals surface area contributed by atoms with Gasteiger partial charge in [-0.05, 0) is 20.3 Å². The third-order valence-electron chi connectivity index (χ3n) is 8.28. The van der Waals surface area contributed by atoms with Gasteiger partial charge in [-0.1, -0.05) is 0 Å². The van der Waals surface area contributed by atoms with Crippen LogP contribution in [0, 0.1) is 0 Å². The number of H-pyrrole nitrogens is 1. The number of carbonyl (C=O) groups is 5. The van der Waals surface area contributed by atoms with Gasteiger partial charge in [-0.25, -0.2) is 18.7 Å². The van der Waals surface area contributed by atoms with Crippen LogP contribution in [-0.4, -0.2) is 160 Å². The molecule has 30 heteroatoms. The Labute approximate surface area is 325 Å². The van der Waals surface area contributed by atoms with Gasteiger partial charge in [0.05, 0.1) is 13.2 Å². The van der Waals surface area contributed by atoms with E-state index >= 15 is 0 Å². The highest BCUT2D eigenvalue weighted by Crippen LogP contribution is 2.61. The number of phosphoric acid groups is 2. The first-order valence-electron chi connectivity index (χ1n) is 16.8. The number of hydrogen-bond acceptors (Lipinski definition) is 19. The summed E-state index contributed by atoms with van der Waals surface area (Å²) in [6.45, 7) is 0.948. The summed E-state index contributed by atoms with van der Waals surface area (Å²) >= 11 is 0. The minimum Gasteiger partial charge on any atom is -0.481 e. The number of ether oxygens (including phenoxy) is 3. The molecule has 2 fully saturated rings. The van der Waals surface area contributed by atoms with Gasteiger partial charge in [0.2, 0.25) is 17.7 Å². The molecule has 2 saturated heterocycles. The molecule has 3 amide bonds. The monoisotopic (exact) mass is 879 g/mol. The predicted octanol–water partition coefficient (Wildman–Crippen LogP) is -5.30. The second-order valence-corrected chi connectivity index (χ2v) is 15.7. The lowest BCUT2D eigenvalue weighted by Gasteiger charge is -2.44. The highest BCUT2D eigenvalue weighted by molar-refractivity contribution is 7.61. The molecule has 0 aromatic carbocycles. The van der Waals surface area contributed by atoms with Crippen LogP contribution in [0.5, 0.6) is 0 Å². The summed E-state index contributed by atoms with van der Waals surface area (Å²) in [5, 5.41) is 66.0. The molecule has 328 valence electrons. The van der Waals surface area contributed by atoms with Crippen molar-refractivity contribution in [3.8, 4) is 0 Å². The number of nitrogens with one attached hydrogen (secondary N) is 4. The number of aliphatic hydroxyl groups excluding tert-OH is 4. The number of nitrogens with zero attached hydrogens (tertiary/aromatic N) is 1. The highest BCUT2D eigenvalue weighted by Gasteiger charge is 2.52. The molecule has 0 radical (unpaired) electrons. The molecule has 0 spiro atoms. The Morgan fingerprint density at radius 2 is 1.60 bits per heavy atom. The number of aromatic amines is 1. The second-order valence-electron chi connectivity index (χ2n) is 12.7. The van der Waals surface area contributed by atoms with Crippen LogP contribution in [0.15, 0.2) is 21.9 Å². The summed E-state index contributed by atoms with van der Waals surface area (Å²) in [6, 6.07) is -4.07. The molecule has 2 aliphatic heterocycles. The predicted molar refractivity (Wildman–Crippen MR) is 183 cm³/mol. The number of aliphatic hydroxyl groups is 4. The zero-order chi connectivity index (χ0) is 43.9. The van der Waals surface area contributed by atoms with Gasteiger partial charge in [0.1, 0.15) is 60.9 Å². The summed E-state index contributed by atoms with van der Waals surface area (Å²) in [5.74, 6) is -5.94. The number of rotatable bonds is 20. The van der Waals surface area contributed by atoms with E-state index in [-0.39, 0.29) is 0 Å². The molecule has 3 rings (SSSR count). The van der Waals surface area contributed by atoms with Crippen LogP contribution in [-0.2, 0) is 60.7 Å². The molecule has 12 N–H and O–H groups in total. The molecule has 28 nitrogen and oxygen atoms in total. The third kappa shape index (κ3) is 13.3. The van der Waals surface area contributed by atoms with E-state index in [2.05, 4.69) is 24.8 Å². The Morgan fingerprint density at radius 1 is 0.948 bits per heavy atom. The standard InChI is InChI=1S/C28H43N5O23P2/c1-10(23(42)31-13(26(44)45)4-5-17(37)38)29-24(43)11(2)52-22-18(30-12(3)35)27(54-14(8-34)20(22)40)55-58(49,50)56-57(47,48)51-9-15-19(39)21(41)25(53-15)33-7-6-16(36)32-28(33)46/h6-7,10-11,13-15,18-22,25,27,34,39-41H,4-5,8-9H2,1-3H3,(H,29,43)(H,30,35)(H,31,42)(H,37,38)(H,44,45)(H,47,48)(H,49,50)(H,32,36,46)/t10-,11+,13+,14?,15?,18?,19?,20+,21?,22+,25?,27-/m0/s1. The highest BCUT2D eigenvalue weighted by atomic mass is 31.3. The number of hydrogen-bond donors (Lipinski definition) is 12. The first-order chi connectivity index (χ1) is 26.9. The molecule has 2 aliphatic rings. The summed E-state index contributed by atoms with van der Waals surface area (Å²) in [4.78, 5) is 106. The SMILES string of the molecule is CC(=O)NC1[C@H](OP(=O)(O)OP(=O)(O)OCC2OC(n3ccc(=O)[nH]c3=O)C(O)C2O)OC(CO)[C@@H](O)[C@@H]1O[C@H](C)C(=O)N[C@@H](C)C(=O)N[C@H](CCC(=O)O)C(=O)O. The molecule has 0 aliphatic carbocycles. The lowest BCUT2D eigenvalue weighted by Crippen LogP contribution is -2.66. The van der Waals surface area contributed by atoms with Crippen molar-refractivity contribution >= 4 is 45.3 Å². The molecular formula is C28H43N5O23P2. The lowest BCUT2D eigenvalue weighted by atomic mass is 9.96. The minimum atomic E-state index is -5.88. The van der Waals surface area contributed by atoms with Crippen molar-refractivity contribution in [3.05, 3.63) is 33.1 Å². The molecule has 1 aromatic rings. The van der Waals surface area contributed by atoms with Gasteiger partial charge in [-0.3, -0.25) is 42.6 Å². The van der Waals surface area contributed by atoms with Crippen molar-refractivity contribution in [1.29, 1.82) is 0 Å². The van der Waals surface area contributed by atoms with Crippen molar-refractivity contribution < 1.29 is 101 Å². The number of aliphatic carboxylic acids is 2. The van der Waals surface area contributed by atoms with E-state index in [4.69, 9.17) is 23.8 Å². The van der Waals surface area contributed by atoms with Gasteiger partial charge in [0.15, 0.2) is 12.5 Å². The van der Waals surface area contributed by atoms with Crippen molar-refractivity contribution in [3.63, 3.8) is 0 Å². The summed E-state index contributed by atoms with van der Waals surface area (Å²) in [7, 11) is -11.6. The Kier molecular flexibility index (Phi) is 16.9. The van der Waals surface area contributed by atoms with Crippen molar-refractivity contribution in [2.24, 2.45) is 0 Å². The molecular weight excluding hydrogens is 836 g/mol. The second kappa shape index (κ2) is 20.3. The number of carbonyl (C=O) groups excluding carboxylic acids is 3. The van der Waals surface area contributed by atoms with E-state index in [0.29, 0.717) is 4.57 Å². The summed E-state index contributed by atoms with van der Waals surface area (Å²) in [5.41, 5.74) is -1.85. The number of phosphoric ester groups is 2. The van der Waals surface area contributed by atoms with E-state index in [0.717, 1.165) is 33.0 Å².